The second-order valence-electron chi connectivity index (χ2n) is 5.86. The van der Waals surface area contributed by atoms with Crippen LogP contribution >= 0.6 is 0 Å². The van der Waals surface area contributed by atoms with Crippen molar-refractivity contribution in [2.24, 2.45) is 0 Å². The van der Waals surface area contributed by atoms with Gasteiger partial charge in [-0.2, -0.15) is 0 Å². The molecule has 0 fully saturated rings. The molecular formula is C20H19FN2O2. The Morgan fingerprint density at radius 2 is 1.92 bits per heavy atom. The molecule has 1 N–H and O–H groups in total. The third-order valence-electron chi connectivity index (χ3n) is 4.03. The Kier molecular flexibility index (Phi) is 4.93. The predicted octanol–water partition coefficient (Wildman–Crippen LogP) is 4.68. The Bertz CT molecular complexity index is 871. The molecule has 1 heterocycles. The van der Waals surface area contributed by atoms with E-state index in [0.717, 1.165) is 12.0 Å². The minimum absolute atomic E-state index is 0.0832. The van der Waals surface area contributed by atoms with E-state index in [2.05, 4.69) is 10.3 Å². The van der Waals surface area contributed by atoms with E-state index in [0.29, 0.717) is 22.8 Å². The Labute approximate surface area is 145 Å². The lowest BCUT2D eigenvalue weighted by Crippen LogP contribution is -2.32. The normalized spacial score (nSPS) is 12.0. The quantitative estimate of drug-likeness (QED) is 0.735. The smallest absolute Gasteiger partial charge is 0.252 e. The molecule has 2 aromatic carbocycles. The highest BCUT2D eigenvalue weighted by atomic mass is 19.1. The van der Waals surface area contributed by atoms with Crippen LogP contribution in [0.25, 0.3) is 22.8 Å². The number of hydrogen-bond donors (Lipinski definition) is 1. The van der Waals surface area contributed by atoms with E-state index < -0.39 is 0 Å². The highest BCUT2D eigenvalue weighted by molar-refractivity contribution is 6.00. The summed E-state index contributed by atoms with van der Waals surface area (Å²) in [7, 11) is 0. The maximum Gasteiger partial charge on any atom is 0.252 e. The number of rotatable bonds is 5. The fourth-order valence-electron chi connectivity index (χ4n) is 2.42. The van der Waals surface area contributed by atoms with Gasteiger partial charge in [0.05, 0.1) is 11.8 Å². The van der Waals surface area contributed by atoms with E-state index in [1.807, 2.05) is 19.9 Å². The van der Waals surface area contributed by atoms with E-state index >= 15 is 0 Å². The monoisotopic (exact) mass is 338 g/mol. The van der Waals surface area contributed by atoms with Crippen molar-refractivity contribution < 1.29 is 13.6 Å². The fraction of sp³-hybridized carbons (Fsp3) is 0.200. The first kappa shape index (κ1) is 16.9. The van der Waals surface area contributed by atoms with E-state index in [-0.39, 0.29) is 17.8 Å². The van der Waals surface area contributed by atoms with Crippen molar-refractivity contribution >= 4 is 5.91 Å². The number of nitrogens with zero attached hydrogens (tertiary/aromatic N) is 1. The largest absolute Gasteiger partial charge is 0.436 e. The number of amides is 1. The van der Waals surface area contributed by atoms with Gasteiger partial charge < -0.3 is 9.73 Å². The second kappa shape index (κ2) is 7.30. The van der Waals surface area contributed by atoms with Gasteiger partial charge in [0.1, 0.15) is 5.82 Å². The van der Waals surface area contributed by atoms with Gasteiger partial charge in [-0.3, -0.25) is 4.79 Å². The van der Waals surface area contributed by atoms with Crippen LogP contribution in [0.4, 0.5) is 4.39 Å². The van der Waals surface area contributed by atoms with Gasteiger partial charge in [0.15, 0.2) is 5.76 Å². The number of halogens is 1. The lowest BCUT2D eigenvalue weighted by Gasteiger charge is -2.12. The molecule has 0 saturated carbocycles. The molecule has 25 heavy (non-hydrogen) atoms. The molecule has 0 aliphatic heterocycles. The molecule has 1 atom stereocenters. The molecule has 0 saturated heterocycles. The van der Waals surface area contributed by atoms with Crippen LogP contribution in [0.1, 0.15) is 30.6 Å². The number of carbonyl (C=O) groups is 1. The molecule has 0 bridgehead atoms. The Morgan fingerprint density at radius 1 is 1.20 bits per heavy atom. The average molecular weight is 338 g/mol. The summed E-state index contributed by atoms with van der Waals surface area (Å²) in [6.07, 6.45) is 2.42. The standard InChI is InChI=1S/C20H19FN2O2/c1-3-13(2)23-19(24)16-6-4-5-7-17(16)20-22-12-18(25-20)14-8-10-15(21)11-9-14/h4-13H,3H2,1-2H3,(H,23,24). The number of benzene rings is 2. The van der Waals surface area contributed by atoms with Crippen LogP contribution < -0.4 is 5.32 Å². The summed E-state index contributed by atoms with van der Waals surface area (Å²) in [6.45, 7) is 3.97. The molecule has 128 valence electrons. The van der Waals surface area contributed by atoms with Crippen LogP contribution in [0.2, 0.25) is 0 Å². The zero-order valence-corrected chi connectivity index (χ0v) is 14.1. The first-order valence-corrected chi connectivity index (χ1v) is 8.20. The fourth-order valence-corrected chi connectivity index (χ4v) is 2.42. The highest BCUT2D eigenvalue weighted by Crippen LogP contribution is 2.28. The van der Waals surface area contributed by atoms with Gasteiger partial charge in [-0.25, -0.2) is 9.37 Å². The third kappa shape index (κ3) is 3.76. The van der Waals surface area contributed by atoms with Gasteiger partial charge in [-0.15, -0.1) is 0 Å². The lowest BCUT2D eigenvalue weighted by molar-refractivity contribution is 0.0939. The molecule has 3 rings (SSSR count). The minimum atomic E-state index is -0.310. The van der Waals surface area contributed by atoms with Crippen LogP contribution in [-0.4, -0.2) is 16.9 Å². The summed E-state index contributed by atoms with van der Waals surface area (Å²) in [4.78, 5) is 16.8. The highest BCUT2D eigenvalue weighted by Gasteiger charge is 2.17. The van der Waals surface area contributed by atoms with Crippen LogP contribution in [0.3, 0.4) is 0 Å². The molecule has 1 aromatic heterocycles. The Hall–Kier alpha value is -2.95. The van der Waals surface area contributed by atoms with Crippen LogP contribution in [0.5, 0.6) is 0 Å². The zero-order chi connectivity index (χ0) is 17.8. The summed E-state index contributed by atoms with van der Waals surface area (Å²) in [5.41, 5.74) is 1.86. The van der Waals surface area contributed by atoms with Crippen molar-refractivity contribution in [1.29, 1.82) is 0 Å². The number of hydrogen-bond acceptors (Lipinski definition) is 3. The van der Waals surface area contributed by atoms with Crippen molar-refractivity contribution in [3.05, 3.63) is 66.1 Å². The molecule has 0 aliphatic carbocycles. The first-order valence-electron chi connectivity index (χ1n) is 8.20. The first-order chi connectivity index (χ1) is 12.1. The van der Waals surface area contributed by atoms with Crippen LogP contribution in [0, 0.1) is 5.82 Å². The SMILES string of the molecule is CCC(C)NC(=O)c1ccccc1-c1ncc(-c2ccc(F)cc2)o1. The molecule has 1 amide bonds. The number of aromatic nitrogens is 1. The molecule has 3 aromatic rings. The Balaban J connectivity index is 1.93. The van der Waals surface area contributed by atoms with Crippen molar-refractivity contribution in [2.75, 3.05) is 0 Å². The molecular weight excluding hydrogens is 319 g/mol. The molecule has 0 spiro atoms. The van der Waals surface area contributed by atoms with E-state index in [9.17, 15) is 9.18 Å². The second-order valence-corrected chi connectivity index (χ2v) is 5.86. The van der Waals surface area contributed by atoms with Gasteiger partial charge >= 0.3 is 0 Å². The average Bonchev–Trinajstić information content (AvgIpc) is 3.12. The van der Waals surface area contributed by atoms with Crippen molar-refractivity contribution in [2.45, 2.75) is 26.3 Å². The van der Waals surface area contributed by atoms with Gasteiger partial charge in [0, 0.05) is 17.2 Å². The minimum Gasteiger partial charge on any atom is -0.436 e. The summed E-state index contributed by atoms with van der Waals surface area (Å²) in [5.74, 6) is 0.406. The van der Waals surface area contributed by atoms with Crippen molar-refractivity contribution in [3.8, 4) is 22.8 Å². The van der Waals surface area contributed by atoms with Gasteiger partial charge in [-0.1, -0.05) is 19.1 Å². The van der Waals surface area contributed by atoms with E-state index in [1.54, 1.807) is 36.5 Å². The van der Waals surface area contributed by atoms with Gasteiger partial charge in [-0.05, 0) is 49.7 Å². The molecule has 5 heteroatoms. The molecule has 4 nitrogen and oxygen atoms in total. The predicted molar refractivity (Wildman–Crippen MR) is 94.6 cm³/mol. The number of nitrogens with one attached hydrogen (secondary N) is 1. The summed E-state index contributed by atoms with van der Waals surface area (Å²) >= 11 is 0. The van der Waals surface area contributed by atoms with E-state index in [1.165, 1.54) is 12.1 Å². The Morgan fingerprint density at radius 3 is 2.64 bits per heavy atom. The van der Waals surface area contributed by atoms with Crippen LogP contribution in [-0.2, 0) is 0 Å². The molecule has 1 unspecified atom stereocenters. The molecule has 0 radical (unpaired) electrons. The number of oxazole rings is 1. The third-order valence-corrected chi connectivity index (χ3v) is 4.03. The maximum atomic E-state index is 13.1. The summed E-state index contributed by atoms with van der Waals surface area (Å²) in [6, 6.07) is 13.2. The van der Waals surface area contributed by atoms with Crippen LogP contribution in [0.15, 0.2) is 59.1 Å². The van der Waals surface area contributed by atoms with Crippen molar-refractivity contribution in [1.82, 2.24) is 10.3 Å². The maximum absolute atomic E-state index is 13.1. The van der Waals surface area contributed by atoms with Gasteiger partial charge in [0.2, 0.25) is 5.89 Å². The van der Waals surface area contributed by atoms with Crippen molar-refractivity contribution in [3.63, 3.8) is 0 Å². The lowest BCUT2D eigenvalue weighted by atomic mass is 10.1. The topological polar surface area (TPSA) is 55.1 Å². The molecule has 0 aliphatic rings. The summed E-state index contributed by atoms with van der Waals surface area (Å²) in [5, 5.41) is 2.95. The van der Waals surface area contributed by atoms with E-state index in [4.69, 9.17) is 4.42 Å². The number of carbonyl (C=O) groups excluding carboxylic acids is 1. The summed E-state index contributed by atoms with van der Waals surface area (Å²) < 4.78 is 18.9. The van der Waals surface area contributed by atoms with Gasteiger partial charge in [0.25, 0.3) is 5.91 Å². The zero-order valence-electron chi connectivity index (χ0n) is 14.1.